The summed E-state index contributed by atoms with van der Waals surface area (Å²) in [5, 5.41) is 14.6. The quantitative estimate of drug-likeness (QED) is 0.876. The van der Waals surface area contributed by atoms with Crippen LogP contribution < -0.4 is 5.32 Å². The standard InChI is InChI=1S/C11H12ClN3OS/c12-10-6-13-7-11(15-10)14-8(3-4-16)9-2-1-5-17-9/h1-2,5-8,16H,3-4H2,(H,14,15)/t8-/m0/s1. The molecule has 0 radical (unpaired) electrons. The Labute approximate surface area is 108 Å². The fraction of sp³-hybridized carbons (Fsp3) is 0.273. The maximum absolute atomic E-state index is 9.07. The summed E-state index contributed by atoms with van der Waals surface area (Å²) in [6, 6.07) is 4.04. The molecule has 0 aliphatic heterocycles. The SMILES string of the molecule is OCC[C@H](Nc1cncc(Cl)n1)c1cccs1. The number of rotatable bonds is 5. The molecule has 0 aromatic carbocycles. The van der Waals surface area contributed by atoms with Gasteiger partial charge in [-0.1, -0.05) is 17.7 Å². The molecule has 0 aliphatic carbocycles. The van der Waals surface area contributed by atoms with Crippen LogP contribution in [0.5, 0.6) is 0 Å². The van der Waals surface area contributed by atoms with E-state index in [0.29, 0.717) is 17.4 Å². The molecule has 1 atom stereocenters. The minimum absolute atomic E-state index is 0.0350. The Morgan fingerprint density at radius 2 is 2.35 bits per heavy atom. The van der Waals surface area contributed by atoms with Crippen molar-refractivity contribution in [3.8, 4) is 0 Å². The normalized spacial score (nSPS) is 12.4. The largest absolute Gasteiger partial charge is 0.396 e. The van der Waals surface area contributed by atoms with Crippen LogP contribution in [0.2, 0.25) is 5.15 Å². The molecule has 2 heterocycles. The topological polar surface area (TPSA) is 58.0 Å². The summed E-state index contributed by atoms with van der Waals surface area (Å²) in [4.78, 5) is 9.24. The second-order valence-corrected chi connectivity index (χ2v) is 4.82. The van der Waals surface area contributed by atoms with Crippen molar-refractivity contribution in [3.63, 3.8) is 0 Å². The van der Waals surface area contributed by atoms with E-state index in [0.717, 1.165) is 4.88 Å². The lowest BCUT2D eigenvalue weighted by molar-refractivity contribution is 0.280. The lowest BCUT2D eigenvalue weighted by Gasteiger charge is -2.16. The molecule has 90 valence electrons. The van der Waals surface area contributed by atoms with Gasteiger partial charge in [0.25, 0.3) is 0 Å². The van der Waals surface area contributed by atoms with Crippen molar-refractivity contribution in [3.05, 3.63) is 39.9 Å². The summed E-state index contributed by atoms with van der Waals surface area (Å²) >= 11 is 7.41. The van der Waals surface area contributed by atoms with Crippen molar-refractivity contribution < 1.29 is 5.11 Å². The summed E-state index contributed by atoms with van der Waals surface area (Å²) in [7, 11) is 0. The van der Waals surface area contributed by atoms with Gasteiger partial charge in [-0.3, -0.25) is 4.98 Å². The lowest BCUT2D eigenvalue weighted by atomic mass is 10.2. The van der Waals surface area contributed by atoms with Crippen LogP contribution in [-0.4, -0.2) is 21.7 Å². The molecule has 0 saturated heterocycles. The average molecular weight is 270 g/mol. The van der Waals surface area contributed by atoms with E-state index < -0.39 is 0 Å². The van der Waals surface area contributed by atoms with Crippen molar-refractivity contribution in [2.24, 2.45) is 0 Å². The van der Waals surface area contributed by atoms with Gasteiger partial charge in [-0.2, -0.15) is 0 Å². The highest BCUT2D eigenvalue weighted by molar-refractivity contribution is 7.10. The van der Waals surface area contributed by atoms with Gasteiger partial charge < -0.3 is 10.4 Å². The number of nitrogens with zero attached hydrogens (tertiary/aromatic N) is 2. The fourth-order valence-corrected chi connectivity index (χ4v) is 2.45. The number of aliphatic hydroxyl groups is 1. The summed E-state index contributed by atoms with van der Waals surface area (Å²) in [5.74, 6) is 0.615. The van der Waals surface area contributed by atoms with E-state index in [2.05, 4.69) is 15.3 Å². The van der Waals surface area contributed by atoms with Crippen LogP contribution in [0.3, 0.4) is 0 Å². The Kier molecular flexibility index (Phi) is 4.30. The molecule has 2 rings (SSSR count). The van der Waals surface area contributed by atoms with Crippen LogP contribution in [0, 0.1) is 0 Å². The molecule has 6 heteroatoms. The zero-order valence-corrected chi connectivity index (χ0v) is 10.6. The third-order valence-corrected chi connectivity index (χ3v) is 3.40. The second-order valence-electron chi connectivity index (χ2n) is 3.45. The summed E-state index contributed by atoms with van der Waals surface area (Å²) < 4.78 is 0. The molecule has 0 bridgehead atoms. The highest BCUT2D eigenvalue weighted by Gasteiger charge is 2.12. The monoisotopic (exact) mass is 269 g/mol. The molecule has 2 aromatic rings. The van der Waals surface area contributed by atoms with E-state index in [-0.39, 0.29) is 12.6 Å². The van der Waals surface area contributed by atoms with E-state index in [9.17, 15) is 0 Å². The third-order valence-electron chi connectivity index (χ3n) is 2.23. The molecule has 0 saturated carbocycles. The van der Waals surface area contributed by atoms with E-state index in [1.165, 1.54) is 6.20 Å². The van der Waals surface area contributed by atoms with Gasteiger partial charge in [-0.25, -0.2) is 4.98 Å². The first-order valence-electron chi connectivity index (χ1n) is 5.18. The first kappa shape index (κ1) is 12.3. The Morgan fingerprint density at radius 3 is 3.00 bits per heavy atom. The molecular formula is C11H12ClN3OS. The number of hydrogen-bond acceptors (Lipinski definition) is 5. The molecule has 0 unspecified atom stereocenters. The van der Waals surface area contributed by atoms with Crippen molar-refractivity contribution in [1.29, 1.82) is 0 Å². The lowest BCUT2D eigenvalue weighted by Crippen LogP contribution is -2.12. The number of aliphatic hydroxyl groups excluding tert-OH is 1. The Bertz CT molecular complexity index is 463. The van der Waals surface area contributed by atoms with Gasteiger partial charge in [0.2, 0.25) is 0 Å². The number of anilines is 1. The molecule has 4 nitrogen and oxygen atoms in total. The first-order valence-corrected chi connectivity index (χ1v) is 6.43. The minimum atomic E-state index is 0.0350. The molecule has 17 heavy (non-hydrogen) atoms. The summed E-state index contributed by atoms with van der Waals surface area (Å²) in [5.41, 5.74) is 0. The highest BCUT2D eigenvalue weighted by Crippen LogP contribution is 2.25. The van der Waals surface area contributed by atoms with Gasteiger partial charge in [-0.15, -0.1) is 11.3 Å². The number of aromatic nitrogens is 2. The van der Waals surface area contributed by atoms with E-state index in [4.69, 9.17) is 16.7 Å². The Balaban J connectivity index is 2.13. The Morgan fingerprint density at radius 1 is 1.47 bits per heavy atom. The number of halogens is 1. The van der Waals surface area contributed by atoms with Crippen molar-refractivity contribution in [1.82, 2.24) is 9.97 Å². The molecular weight excluding hydrogens is 258 g/mol. The van der Waals surface area contributed by atoms with Gasteiger partial charge in [-0.05, 0) is 17.9 Å². The highest BCUT2D eigenvalue weighted by atomic mass is 35.5. The van der Waals surface area contributed by atoms with E-state index in [1.807, 2.05) is 17.5 Å². The van der Waals surface area contributed by atoms with Gasteiger partial charge in [0.05, 0.1) is 18.4 Å². The van der Waals surface area contributed by atoms with E-state index >= 15 is 0 Å². The molecule has 0 amide bonds. The number of hydrogen-bond donors (Lipinski definition) is 2. The molecule has 2 aromatic heterocycles. The van der Waals surface area contributed by atoms with Crippen LogP contribution in [0.1, 0.15) is 17.3 Å². The maximum atomic E-state index is 9.07. The molecule has 2 N–H and O–H groups in total. The van der Waals surface area contributed by atoms with Gasteiger partial charge in [0, 0.05) is 11.5 Å². The van der Waals surface area contributed by atoms with Crippen LogP contribution in [0.25, 0.3) is 0 Å². The Hall–Kier alpha value is -1.17. The van der Waals surface area contributed by atoms with Gasteiger partial charge in [0.15, 0.2) is 0 Å². The molecule has 0 spiro atoms. The average Bonchev–Trinajstić information content (AvgIpc) is 2.82. The van der Waals surface area contributed by atoms with Crippen molar-refractivity contribution >= 4 is 28.8 Å². The van der Waals surface area contributed by atoms with Crippen LogP contribution >= 0.6 is 22.9 Å². The predicted molar refractivity (Wildman–Crippen MR) is 69.4 cm³/mol. The van der Waals surface area contributed by atoms with Gasteiger partial charge >= 0.3 is 0 Å². The number of nitrogens with one attached hydrogen (secondary N) is 1. The van der Waals surface area contributed by atoms with Crippen LogP contribution in [-0.2, 0) is 0 Å². The molecule has 0 aliphatic rings. The first-order chi connectivity index (χ1) is 8.29. The van der Waals surface area contributed by atoms with Crippen molar-refractivity contribution in [2.45, 2.75) is 12.5 Å². The second kappa shape index (κ2) is 5.95. The van der Waals surface area contributed by atoms with Crippen LogP contribution in [0.4, 0.5) is 5.82 Å². The summed E-state index contributed by atoms with van der Waals surface area (Å²) in [6.07, 6.45) is 3.72. The van der Waals surface area contributed by atoms with Crippen molar-refractivity contribution in [2.75, 3.05) is 11.9 Å². The zero-order chi connectivity index (χ0) is 12.1. The number of thiophene rings is 1. The predicted octanol–water partition coefficient (Wildman–Crippen LogP) is 2.73. The van der Waals surface area contributed by atoms with E-state index in [1.54, 1.807) is 17.5 Å². The van der Waals surface area contributed by atoms with Gasteiger partial charge in [0.1, 0.15) is 11.0 Å². The zero-order valence-electron chi connectivity index (χ0n) is 9.01. The third kappa shape index (κ3) is 3.39. The minimum Gasteiger partial charge on any atom is -0.396 e. The van der Waals surface area contributed by atoms with Crippen LogP contribution in [0.15, 0.2) is 29.9 Å². The maximum Gasteiger partial charge on any atom is 0.149 e. The summed E-state index contributed by atoms with van der Waals surface area (Å²) in [6.45, 7) is 0.115. The smallest absolute Gasteiger partial charge is 0.149 e. The molecule has 0 fully saturated rings. The fourth-order valence-electron chi connectivity index (χ4n) is 1.49.